The molecule has 0 atom stereocenters. The molecule has 23 heavy (non-hydrogen) atoms. The lowest BCUT2D eigenvalue weighted by Gasteiger charge is -2.16. The van der Waals surface area contributed by atoms with Crippen LogP contribution in [0.2, 0.25) is 0 Å². The molecular formula is C17H17ClN2O3. The van der Waals surface area contributed by atoms with Gasteiger partial charge in [-0.3, -0.25) is 0 Å². The lowest BCUT2D eigenvalue weighted by atomic mass is 10.1. The molecule has 5 nitrogen and oxygen atoms in total. The molecular weight excluding hydrogens is 316 g/mol. The number of nitrogens with one attached hydrogen (secondary N) is 1. The van der Waals surface area contributed by atoms with E-state index in [0.717, 1.165) is 22.3 Å². The van der Waals surface area contributed by atoms with Gasteiger partial charge in [-0.1, -0.05) is 24.3 Å². The molecule has 6 heteroatoms. The van der Waals surface area contributed by atoms with Crippen molar-refractivity contribution in [1.82, 2.24) is 4.98 Å². The molecule has 0 aliphatic heterocycles. The monoisotopic (exact) mass is 332 g/mol. The first-order valence-corrected chi connectivity index (χ1v) is 6.79. The van der Waals surface area contributed by atoms with Crippen LogP contribution in [0.1, 0.15) is 0 Å². The van der Waals surface area contributed by atoms with Crippen molar-refractivity contribution in [2.24, 2.45) is 0 Å². The Kier molecular flexibility index (Phi) is 5.13. The topological polar surface area (TPSA) is 63.6 Å². The highest BCUT2D eigenvalue weighted by atomic mass is 35.5. The van der Waals surface area contributed by atoms with Gasteiger partial charge in [0.1, 0.15) is 5.75 Å². The Morgan fingerprint density at radius 1 is 1.00 bits per heavy atom. The van der Waals surface area contributed by atoms with E-state index in [-0.39, 0.29) is 18.2 Å². The highest BCUT2D eigenvalue weighted by Gasteiger charge is 2.16. The maximum Gasteiger partial charge on any atom is 0.259 e. The van der Waals surface area contributed by atoms with Gasteiger partial charge in [0.15, 0.2) is 0 Å². The fraction of sp³-hybridized carbons (Fsp3) is 0.118. The number of anilines is 2. The molecule has 0 radical (unpaired) electrons. The number of halogens is 1. The zero-order chi connectivity index (χ0) is 15.5. The van der Waals surface area contributed by atoms with Crippen LogP contribution in [-0.2, 0) is 0 Å². The van der Waals surface area contributed by atoms with E-state index in [9.17, 15) is 5.11 Å². The van der Waals surface area contributed by atoms with Crippen molar-refractivity contribution in [2.45, 2.75) is 0 Å². The Labute approximate surface area is 140 Å². The Balaban J connectivity index is 0.00000192. The van der Waals surface area contributed by atoms with E-state index in [0.29, 0.717) is 11.6 Å². The number of nitrogens with zero attached hydrogens (tertiary/aromatic N) is 1. The number of aromatic nitrogens is 1. The predicted molar refractivity (Wildman–Crippen MR) is 93.5 cm³/mol. The van der Waals surface area contributed by atoms with Crippen molar-refractivity contribution in [1.29, 1.82) is 0 Å². The van der Waals surface area contributed by atoms with Crippen molar-refractivity contribution in [2.75, 3.05) is 19.5 Å². The fourth-order valence-electron chi connectivity index (χ4n) is 2.35. The quantitative estimate of drug-likeness (QED) is 0.752. The summed E-state index contributed by atoms with van der Waals surface area (Å²) in [6, 6.07) is 14.6. The van der Waals surface area contributed by atoms with Crippen molar-refractivity contribution >= 4 is 34.7 Å². The van der Waals surface area contributed by atoms with Crippen LogP contribution >= 0.6 is 12.4 Å². The molecule has 0 saturated carbocycles. The molecule has 0 aliphatic rings. The molecule has 0 aliphatic carbocycles. The average molecular weight is 333 g/mol. The van der Waals surface area contributed by atoms with E-state index in [1.54, 1.807) is 32.4 Å². The van der Waals surface area contributed by atoms with Gasteiger partial charge in [0.05, 0.1) is 25.4 Å². The Hall–Kier alpha value is -2.66. The number of ether oxygens (including phenoxy) is 2. The van der Waals surface area contributed by atoms with Crippen molar-refractivity contribution in [3.05, 3.63) is 48.5 Å². The van der Waals surface area contributed by atoms with Crippen LogP contribution in [0, 0.1) is 0 Å². The largest absolute Gasteiger partial charge is 0.508 e. The molecule has 0 bridgehead atoms. The van der Waals surface area contributed by atoms with Crippen LogP contribution < -0.4 is 14.8 Å². The summed E-state index contributed by atoms with van der Waals surface area (Å²) in [5.41, 5.74) is 2.29. The number of phenols is 1. The third-order valence-electron chi connectivity index (χ3n) is 3.33. The van der Waals surface area contributed by atoms with Crippen LogP contribution in [0.25, 0.3) is 10.9 Å². The first-order valence-electron chi connectivity index (χ1n) is 6.79. The van der Waals surface area contributed by atoms with Gasteiger partial charge in [-0.15, -0.1) is 12.4 Å². The number of fused-ring (bicyclic) bond motifs is 1. The molecule has 3 rings (SSSR count). The fourth-order valence-corrected chi connectivity index (χ4v) is 2.35. The standard InChI is InChI=1S/C17H16N2O3.ClH/c1-21-16-15(18-11-6-5-7-12(20)10-11)13-8-3-4-9-14(13)19-17(16)22-2;/h3-10,20H,1-2H3,(H,18,19);1H. The molecule has 0 unspecified atom stereocenters. The molecule has 1 heterocycles. The Morgan fingerprint density at radius 2 is 1.78 bits per heavy atom. The number of hydrogen-bond donors (Lipinski definition) is 2. The minimum atomic E-state index is 0. The lowest BCUT2D eigenvalue weighted by molar-refractivity contribution is 0.346. The van der Waals surface area contributed by atoms with Gasteiger partial charge in [0.2, 0.25) is 5.75 Å². The summed E-state index contributed by atoms with van der Waals surface area (Å²) in [5.74, 6) is 1.11. The van der Waals surface area contributed by atoms with Gasteiger partial charge >= 0.3 is 0 Å². The van der Waals surface area contributed by atoms with Crippen LogP contribution in [0.4, 0.5) is 11.4 Å². The number of aromatic hydroxyl groups is 1. The maximum absolute atomic E-state index is 9.62. The minimum Gasteiger partial charge on any atom is -0.508 e. The minimum absolute atomic E-state index is 0. The second-order valence-electron chi connectivity index (χ2n) is 4.72. The van der Waals surface area contributed by atoms with E-state index < -0.39 is 0 Å². The van der Waals surface area contributed by atoms with E-state index in [1.807, 2.05) is 30.3 Å². The summed E-state index contributed by atoms with van der Waals surface area (Å²) in [4.78, 5) is 4.45. The first-order chi connectivity index (χ1) is 10.7. The second-order valence-corrected chi connectivity index (χ2v) is 4.72. The molecule has 0 fully saturated rings. The van der Waals surface area contributed by atoms with Gasteiger partial charge in [-0.05, 0) is 18.2 Å². The summed E-state index contributed by atoms with van der Waals surface area (Å²) < 4.78 is 10.8. The van der Waals surface area contributed by atoms with E-state index in [2.05, 4.69) is 10.3 Å². The molecule has 0 amide bonds. The zero-order valence-electron chi connectivity index (χ0n) is 12.7. The maximum atomic E-state index is 9.62. The van der Waals surface area contributed by atoms with Crippen molar-refractivity contribution < 1.29 is 14.6 Å². The van der Waals surface area contributed by atoms with Crippen LogP contribution in [0.3, 0.4) is 0 Å². The summed E-state index contributed by atoms with van der Waals surface area (Å²) in [6.07, 6.45) is 0. The van der Waals surface area contributed by atoms with E-state index in [1.165, 1.54) is 0 Å². The van der Waals surface area contributed by atoms with Gasteiger partial charge in [-0.25, -0.2) is 4.98 Å². The normalized spacial score (nSPS) is 10.0. The molecule has 2 aromatic carbocycles. The number of hydrogen-bond acceptors (Lipinski definition) is 5. The smallest absolute Gasteiger partial charge is 0.259 e. The molecule has 0 spiro atoms. The van der Waals surface area contributed by atoms with E-state index >= 15 is 0 Å². The summed E-state index contributed by atoms with van der Waals surface area (Å²) in [5, 5.41) is 13.8. The second kappa shape index (κ2) is 7.07. The summed E-state index contributed by atoms with van der Waals surface area (Å²) in [6.45, 7) is 0. The van der Waals surface area contributed by atoms with Gasteiger partial charge < -0.3 is 19.9 Å². The average Bonchev–Trinajstić information content (AvgIpc) is 2.54. The van der Waals surface area contributed by atoms with Gasteiger partial charge in [-0.2, -0.15) is 0 Å². The SMILES string of the molecule is COc1nc2ccccc2c(Nc2cccc(O)c2)c1OC.Cl. The van der Waals surface area contributed by atoms with Gasteiger partial charge in [0, 0.05) is 17.1 Å². The predicted octanol–water partition coefficient (Wildman–Crippen LogP) is 4.12. The number of phenolic OH excluding ortho intramolecular Hbond substituents is 1. The van der Waals surface area contributed by atoms with Crippen LogP contribution in [-0.4, -0.2) is 24.3 Å². The third kappa shape index (κ3) is 3.24. The number of rotatable bonds is 4. The highest BCUT2D eigenvalue weighted by Crippen LogP contribution is 2.40. The lowest BCUT2D eigenvalue weighted by Crippen LogP contribution is -2.00. The van der Waals surface area contributed by atoms with Crippen molar-refractivity contribution in [3.63, 3.8) is 0 Å². The number of para-hydroxylation sites is 1. The molecule has 2 N–H and O–H groups in total. The van der Waals surface area contributed by atoms with Crippen LogP contribution in [0.15, 0.2) is 48.5 Å². The first kappa shape index (κ1) is 16.7. The Bertz CT molecular complexity index is 824. The zero-order valence-corrected chi connectivity index (χ0v) is 13.6. The summed E-state index contributed by atoms with van der Waals surface area (Å²) >= 11 is 0. The summed E-state index contributed by atoms with van der Waals surface area (Å²) in [7, 11) is 3.12. The highest BCUT2D eigenvalue weighted by molar-refractivity contribution is 5.97. The van der Waals surface area contributed by atoms with E-state index in [4.69, 9.17) is 9.47 Å². The number of benzene rings is 2. The molecule has 120 valence electrons. The molecule has 1 aromatic heterocycles. The third-order valence-corrected chi connectivity index (χ3v) is 3.33. The van der Waals surface area contributed by atoms with Gasteiger partial charge in [0.25, 0.3) is 5.88 Å². The molecule has 3 aromatic rings. The number of pyridine rings is 1. The van der Waals surface area contributed by atoms with Crippen LogP contribution in [0.5, 0.6) is 17.4 Å². The molecule has 0 saturated heterocycles. The number of methoxy groups -OCH3 is 2. The van der Waals surface area contributed by atoms with Crippen molar-refractivity contribution in [3.8, 4) is 17.4 Å². The Morgan fingerprint density at radius 3 is 2.48 bits per heavy atom.